The molecule has 0 amide bonds. The minimum Gasteiger partial charge on any atom is -0.374 e. The Balaban J connectivity index is 1.35. The van der Waals surface area contributed by atoms with Crippen molar-refractivity contribution in [3.63, 3.8) is 0 Å². The molecule has 0 radical (unpaired) electrons. The van der Waals surface area contributed by atoms with E-state index in [1.807, 2.05) is 30.0 Å². The van der Waals surface area contributed by atoms with Gasteiger partial charge in [-0.2, -0.15) is 0 Å². The van der Waals surface area contributed by atoms with Gasteiger partial charge in [-0.25, -0.2) is 4.98 Å². The first-order valence-electron chi connectivity index (χ1n) is 9.05. The first-order valence-corrected chi connectivity index (χ1v) is 9.93. The van der Waals surface area contributed by atoms with Gasteiger partial charge in [-0.05, 0) is 24.5 Å². The molecule has 2 fully saturated rings. The molecular weight excluding hydrogens is 334 g/mol. The molecule has 1 spiro atoms. The first-order chi connectivity index (χ1) is 12.3. The molecule has 2 aromatic rings. The van der Waals surface area contributed by atoms with E-state index in [0.717, 1.165) is 44.3 Å². The van der Waals surface area contributed by atoms with Crippen LogP contribution in [0.2, 0.25) is 0 Å². The summed E-state index contributed by atoms with van der Waals surface area (Å²) in [6, 6.07) is 4.16. The Labute approximate surface area is 153 Å². The van der Waals surface area contributed by atoms with Gasteiger partial charge in [-0.1, -0.05) is 12.5 Å². The summed E-state index contributed by atoms with van der Waals surface area (Å²) in [7, 11) is 0. The lowest BCUT2D eigenvalue weighted by Gasteiger charge is -2.44. The predicted octanol–water partition coefficient (Wildman–Crippen LogP) is 3.13. The molecule has 2 atom stereocenters. The fraction of sp³-hybridized carbons (Fsp3) is 0.579. The second kappa shape index (κ2) is 7.91. The Hall–Kier alpha value is -1.34. The molecule has 0 aromatic carbocycles. The highest BCUT2D eigenvalue weighted by atomic mass is 32.1. The number of thiazole rings is 1. The molecule has 0 N–H and O–H groups in total. The van der Waals surface area contributed by atoms with Crippen LogP contribution in [0.3, 0.4) is 0 Å². The highest BCUT2D eigenvalue weighted by Gasteiger charge is 2.46. The number of aromatic nitrogens is 2. The largest absolute Gasteiger partial charge is 0.374 e. The fourth-order valence-corrected chi connectivity index (χ4v) is 4.68. The van der Waals surface area contributed by atoms with Crippen LogP contribution in [0.15, 0.2) is 36.1 Å². The third-order valence-electron chi connectivity index (χ3n) is 5.34. The molecular formula is C19H25N3O2S. The van der Waals surface area contributed by atoms with Crippen molar-refractivity contribution < 1.29 is 9.47 Å². The van der Waals surface area contributed by atoms with Crippen LogP contribution in [0.1, 0.15) is 29.8 Å². The van der Waals surface area contributed by atoms with E-state index >= 15 is 0 Å². The molecule has 1 saturated heterocycles. The standard InChI is InChI=1S/C19H25N3O2S/c1-4-17(13-23-14-18-21-7-10-25-18)19(5-1)15-22(8-9-24-19)12-16-3-2-6-20-11-16/h2-3,6-7,10-11,17H,1,4-5,8-9,12-15H2/t17-,19+/m0/s1. The Bertz CT molecular complexity index is 652. The SMILES string of the molecule is c1cncc(CN2CCO[C@]3(CCC[C@H]3COCc3nccs3)C2)c1. The molecule has 3 heterocycles. The zero-order valence-corrected chi connectivity index (χ0v) is 15.3. The number of rotatable bonds is 6. The van der Waals surface area contributed by atoms with E-state index in [-0.39, 0.29) is 5.60 Å². The Morgan fingerprint density at radius 2 is 2.40 bits per heavy atom. The van der Waals surface area contributed by atoms with Gasteiger partial charge in [0.05, 0.1) is 25.4 Å². The topological polar surface area (TPSA) is 47.5 Å². The van der Waals surface area contributed by atoms with Crippen LogP contribution in [-0.2, 0) is 22.6 Å². The summed E-state index contributed by atoms with van der Waals surface area (Å²) in [5, 5.41) is 3.05. The van der Waals surface area contributed by atoms with Gasteiger partial charge in [0.15, 0.2) is 0 Å². The maximum absolute atomic E-state index is 6.34. The summed E-state index contributed by atoms with van der Waals surface area (Å²) in [5.74, 6) is 0.476. The Kier molecular flexibility index (Phi) is 5.41. The number of ether oxygens (including phenoxy) is 2. The average Bonchev–Trinajstić information content (AvgIpc) is 3.27. The third-order valence-corrected chi connectivity index (χ3v) is 6.09. The van der Waals surface area contributed by atoms with Crippen molar-refractivity contribution in [2.75, 3.05) is 26.3 Å². The summed E-state index contributed by atoms with van der Waals surface area (Å²) in [6.45, 7) is 5.12. The lowest BCUT2D eigenvalue weighted by molar-refractivity contribution is -0.144. The van der Waals surface area contributed by atoms with Crippen LogP contribution in [0.25, 0.3) is 0 Å². The zero-order valence-electron chi connectivity index (χ0n) is 14.5. The van der Waals surface area contributed by atoms with Crippen LogP contribution in [0, 0.1) is 5.92 Å². The molecule has 1 aliphatic heterocycles. The normalized spacial score (nSPS) is 27.1. The van der Waals surface area contributed by atoms with Crippen LogP contribution >= 0.6 is 11.3 Å². The van der Waals surface area contributed by atoms with Gasteiger partial charge in [-0.15, -0.1) is 11.3 Å². The van der Waals surface area contributed by atoms with Gasteiger partial charge in [0.25, 0.3) is 0 Å². The third kappa shape index (κ3) is 4.08. The molecule has 0 unspecified atom stereocenters. The lowest BCUT2D eigenvalue weighted by atomic mass is 9.89. The van der Waals surface area contributed by atoms with E-state index in [4.69, 9.17) is 9.47 Å². The van der Waals surface area contributed by atoms with Crippen molar-refractivity contribution in [1.82, 2.24) is 14.9 Å². The van der Waals surface area contributed by atoms with Crippen molar-refractivity contribution in [1.29, 1.82) is 0 Å². The summed E-state index contributed by atoms with van der Waals surface area (Å²) in [6.07, 6.45) is 9.19. The van der Waals surface area contributed by atoms with Crippen LogP contribution < -0.4 is 0 Å². The van der Waals surface area contributed by atoms with Gasteiger partial charge in [0, 0.05) is 49.5 Å². The quantitative estimate of drug-likeness (QED) is 0.793. The fourth-order valence-electron chi connectivity index (χ4n) is 4.13. The van der Waals surface area contributed by atoms with Crippen LogP contribution in [0.4, 0.5) is 0 Å². The molecule has 134 valence electrons. The number of nitrogens with zero attached hydrogens (tertiary/aromatic N) is 3. The van der Waals surface area contributed by atoms with E-state index < -0.39 is 0 Å². The van der Waals surface area contributed by atoms with Gasteiger partial charge in [0.2, 0.25) is 0 Å². The first kappa shape index (κ1) is 17.1. The molecule has 1 aliphatic carbocycles. The van der Waals surface area contributed by atoms with E-state index in [1.165, 1.54) is 18.4 Å². The van der Waals surface area contributed by atoms with Crippen molar-refractivity contribution in [3.05, 3.63) is 46.7 Å². The van der Waals surface area contributed by atoms with Gasteiger partial charge in [-0.3, -0.25) is 9.88 Å². The number of hydrogen-bond acceptors (Lipinski definition) is 6. The molecule has 5 nitrogen and oxygen atoms in total. The second-order valence-corrected chi connectivity index (χ2v) is 7.99. The molecule has 0 bridgehead atoms. The smallest absolute Gasteiger partial charge is 0.118 e. The van der Waals surface area contributed by atoms with E-state index in [1.54, 1.807) is 11.3 Å². The van der Waals surface area contributed by atoms with Crippen LogP contribution in [-0.4, -0.2) is 46.8 Å². The van der Waals surface area contributed by atoms with Gasteiger partial charge in [0.1, 0.15) is 5.01 Å². The molecule has 1 saturated carbocycles. The van der Waals surface area contributed by atoms with E-state index in [9.17, 15) is 0 Å². The average molecular weight is 359 g/mol. The second-order valence-electron chi connectivity index (χ2n) is 7.02. The minimum atomic E-state index is -0.0384. The van der Waals surface area contributed by atoms with Crippen molar-refractivity contribution in [2.45, 2.75) is 38.0 Å². The van der Waals surface area contributed by atoms with Crippen molar-refractivity contribution in [2.24, 2.45) is 5.92 Å². The summed E-state index contributed by atoms with van der Waals surface area (Å²) in [4.78, 5) is 11.0. The number of morpholine rings is 1. The molecule has 2 aromatic heterocycles. The summed E-state index contributed by atoms with van der Waals surface area (Å²) < 4.78 is 12.3. The monoisotopic (exact) mass is 359 g/mol. The molecule has 4 rings (SSSR count). The Morgan fingerprint density at radius 3 is 3.24 bits per heavy atom. The molecule has 6 heteroatoms. The van der Waals surface area contributed by atoms with Gasteiger partial charge >= 0.3 is 0 Å². The van der Waals surface area contributed by atoms with Gasteiger partial charge < -0.3 is 9.47 Å². The van der Waals surface area contributed by atoms with Crippen LogP contribution in [0.5, 0.6) is 0 Å². The highest BCUT2D eigenvalue weighted by Crippen LogP contribution is 2.41. The number of hydrogen-bond donors (Lipinski definition) is 0. The Morgan fingerprint density at radius 1 is 1.40 bits per heavy atom. The zero-order chi connectivity index (χ0) is 17.0. The summed E-state index contributed by atoms with van der Waals surface area (Å²) in [5.41, 5.74) is 1.23. The maximum atomic E-state index is 6.34. The van der Waals surface area contributed by atoms with Crippen molar-refractivity contribution in [3.8, 4) is 0 Å². The number of pyridine rings is 1. The predicted molar refractivity (Wildman–Crippen MR) is 97.3 cm³/mol. The maximum Gasteiger partial charge on any atom is 0.118 e. The van der Waals surface area contributed by atoms with E-state index in [2.05, 4.69) is 20.9 Å². The van der Waals surface area contributed by atoms with E-state index in [0.29, 0.717) is 12.5 Å². The highest BCUT2D eigenvalue weighted by molar-refractivity contribution is 7.09. The minimum absolute atomic E-state index is 0.0384. The molecule has 25 heavy (non-hydrogen) atoms. The lowest BCUT2D eigenvalue weighted by Crippen LogP contribution is -2.54. The summed E-state index contributed by atoms with van der Waals surface area (Å²) >= 11 is 1.65. The molecule has 2 aliphatic rings. The van der Waals surface area contributed by atoms with Crippen molar-refractivity contribution >= 4 is 11.3 Å².